The predicted octanol–water partition coefficient (Wildman–Crippen LogP) is 4.01. The zero-order valence-corrected chi connectivity index (χ0v) is 16.9. The molecule has 0 spiro atoms. The van der Waals surface area contributed by atoms with Crippen molar-refractivity contribution in [2.24, 2.45) is 11.1 Å². The molecule has 136 valence electrons. The summed E-state index contributed by atoms with van der Waals surface area (Å²) in [6, 6.07) is 4.18. The Balaban J connectivity index is 0.00000288. The summed E-state index contributed by atoms with van der Waals surface area (Å²) in [6.45, 7) is 12.8. The maximum Gasteiger partial charge on any atom is 0.175 e. The van der Waals surface area contributed by atoms with Crippen molar-refractivity contribution in [3.63, 3.8) is 0 Å². The average molecular weight is 420 g/mol. The summed E-state index contributed by atoms with van der Waals surface area (Å²) in [5.74, 6) is 1.52. The molecule has 1 aromatic carbocycles. The molecule has 0 radical (unpaired) electrons. The van der Waals surface area contributed by atoms with E-state index in [9.17, 15) is 0 Å². The molecule has 1 saturated heterocycles. The van der Waals surface area contributed by atoms with E-state index in [0.29, 0.717) is 13.2 Å². The third-order valence-corrected chi connectivity index (χ3v) is 4.84. The van der Waals surface area contributed by atoms with Gasteiger partial charge < -0.3 is 15.2 Å². The van der Waals surface area contributed by atoms with E-state index in [2.05, 4.69) is 46.5 Å². The second kappa shape index (κ2) is 9.66. The standard InChI is InChI=1S/C18H27BrN2O2.ClH/c1-4-8-23-17-15(19)9-14(10-16(17)22-5-2)11-21-7-6-18(3,12-20)13-21;/h4,9-10H,1,5-8,11-13,20H2,2-3H3;1H. The molecule has 0 aliphatic carbocycles. The number of nitrogens with two attached hydrogens (primary N) is 1. The van der Waals surface area contributed by atoms with Crippen LogP contribution in [0.15, 0.2) is 29.3 Å². The Morgan fingerprint density at radius 1 is 1.42 bits per heavy atom. The van der Waals surface area contributed by atoms with E-state index < -0.39 is 0 Å². The lowest BCUT2D eigenvalue weighted by Gasteiger charge is -2.23. The van der Waals surface area contributed by atoms with Gasteiger partial charge in [0.05, 0.1) is 11.1 Å². The van der Waals surface area contributed by atoms with Gasteiger partial charge in [-0.15, -0.1) is 12.4 Å². The summed E-state index contributed by atoms with van der Waals surface area (Å²) in [5.41, 5.74) is 7.36. The predicted molar refractivity (Wildman–Crippen MR) is 105 cm³/mol. The van der Waals surface area contributed by atoms with Crippen LogP contribution in [0.4, 0.5) is 0 Å². The van der Waals surface area contributed by atoms with Gasteiger partial charge in [-0.25, -0.2) is 0 Å². The molecule has 1 fully saturated rings. The highest BCUT2D eigenvalue weighted by Gasteiger charge is 2.32. The molecule has 1 aliphatic heterocycles. The number of rotatable bonds is 8. The summed E-state index contributed by atoms with van der Waals surface area (Å²) in [6.07, 6.45) is 2.89. The Kier molecular flexibility index (Phi) is 8.57. The van der Waals surface area contributed by atoms with Crippen LogP contribution >= 0.6 is 28.3 Å². The molecule has 1 atom stereocenters. The Labute approximate surface area is 159 Å². The van der Waals surface area contributed by atoms with Crippen LogP contribution in [0.25, 0.3) is 0 Å². The molecule has 1 aromatic rings. The van der Waals surface area contributed by atoms with Crippen molar-refractivity contribution in [3.8, 4) is 11.5 Å². The first kappa shape index (κ1) is 21.3. The number of likely N-dealkylation sites (tertiary alicyclic amines) is 1. The van der Waals surface area contributed by atoms with Crippen molar-refractivity contribution in [1.82, 2.24) is 4.90 Å². The van der Waals surface area contributed by atoms with Crippen molar-refractivity contribution in [1.29, 1.82) is 0 Å². The van der Waals surface area contributed by atoms with Gasteiger partial charge in [0, 0.05) is 13.1 Å². The van der Waals surface area contributed by atoms with Crippen LogP contribution in [0.1, 0.15) is 25.8 Å². The van der Waals surface area contributed by atoms with E-state index in [4.69, 9.17) is 15.2 Å². The van der Waals surface area contributed by atoms with Gasteiger partial charge in [0.2, 0.25) is 0 Å². The van der Waals surface area contributed by atoms with Crippen molar-refractivity contribution in [3.05, 3.63) is 34.8 Å². The third-order valence-electron chi connectivity index (χ3n) is 4.25. The average Bonchev–Trinajstić information content (AvgIpc) is 2.89. The van der Waals surface area contributed by atoms with Gasteiger partial charge in [-0.2, -0.15) is 0 Å². The van der Waals surface area contributed by atoms with Gasteiger partial charge in [-0.3, -0.25) is 4.90 Å². The topological polar surface area (TPSA) is 47.7 Å². The van der Waals surface area contributed by atoms with E-state index in [-0.39, 0.29) is 17.8 Å². The Bertz CT molecular complexity index is 556. The van der Waals surface area contributed by atoms with Crippen molar-refractivity contribution in [2.75, 3.05) is 32.8 Å². The highest BCUT2D eigenvalue weighted by molar-refractivity contribution is 9.10. The van der Waals surface area contributed by atoms with Crippen LogP contribution in [0.5, 0.6) is 11.5 Å². The molecular formula is C18H28BrClN2O2. The van der Waals surface area contributed by atoms with Gasteiger partial charge in [0.1, 0.15) is 6.61 Å². The Hall–Kier alpha value is -0.750. The number of halogens is 2. The highest BCUT2D eigenvalue weighted by Crippen LogP contribution is 2.38. The van der Waals surface area contributed by atoms with E-state index in [1.807, 2.05) is 6.92 Å². The van der Waals surface area contributed by atoms with Crippen LogP contribution in [0.2, 0.25) is 0 Å². The summed E-state index contributed by atoms with van der Waals surface area (Å²) >= 11 is 3.61. The van der Waals surface area contributed by atoms with Crippen LogP contribution < -0.4 is 15.2 Å². The fourth-order valence-corrected chi connectivity index (χ4v) is 3.55. The number of hydrogen-bond acceptors (Lipinski definition) is 4. The highest BCUT2D eigenvalue weighted by atomic mass is 79.9. The van der Waals surface area contributed by atoms with E-state index in [1.165, 1.54) is 5.56 Å². The normalized spacial score (nSPS) is 20.5. The minimum Gasteiger partial charge on any atom is -0.490 e. The van der Waals surface area contributed by atoms with Gasteiger partial charge in [0.15, 0.2) is 11.5 Å². The van der Waals surface area contributed by atoms with Crippen molar-refractivity contribution >= 4 is 28.3 Å². The summed E-state index contributed by atoms with van der Waals surface area (Å²) < 4.78 is 12.4. The number of nitrogens with zero attached hydrogens (tertiary/aromatic N) is 1. The maximum atomic E-state index is 5.90. The Morgan fingerprint density at radius 2 is 2.17 bits per heavy atom. The lowest BCUT2D eigenvalue weighted by atomic mass is 9.90. The number of ether oxygens (including phenoxy) is 2. The zero-order valence-electron chi connectivity index (χ0n) is 14.5. The molecule has 24 heavy (non-hydrogen) atoms. The molecule has 4 nitrogen and oxygen atoms in total. The second-order valence-electron chi connectivity index (χ2n) is 6.41. The lowest BCUT2D eigenvalue weighted by molar-refractivity contribution is 0.272. The van der Waals surface area contributed by atoms with E-state index in [0.717, 1.165) is 48.6 Å². The van der Waals surface area contributed by atoms with Crippen LogP contribution in [0, 0.1) is 5.41 Å². The third kappa shape index (κ3) is 5.38. The molecule has 6 heteroatoms. The molecule has 2 rings (SSSR count). The monoisotopic (exact) mass is 418 g/mol. The van der Waals surface area contributed by atoms with Gasteiger partial charge >= 0.3 is 0 Å². The first-order valence-corrected chi connectivity index (χ1v) is 8.92. The molecule has 0 amide bonds. The molecule has 2 N–H and O–H groups in total. The minimum absolute atomic E-state index is 0. The minimum atomic E-state index is 0. The lowest BCUT2D eigenvalue weighted by Crippen LogP contribution is -2.31. The summed E-state index contributed by atoms with van der Waals surface area (Å²) in [4.78, 5) is 2.45. The zero-order chi connectivity index (χ0) is 16.9. The maximum absolute atomic E-state index is 5.90. The quantitative estimate of drug-likeness (QED) is 0.647. The molecule has 0 saturated carbocycles. The summed E-state index contributed by atoms with van der Waals surface area (Å²) in [5, 5.41) is 0. The fourth-order valence-electron chi connectivity index (χ4n) is 2.94. The van der Waals surface area contributed by atoms with Crippen LogP contribution in [-0.2, 0) is 6.54 Å². The smallest absolute Gasteiger partial charge is 0.175 e. The van der Waals surface area contributed by atoms with Gasteiger partial charge in [-0.1, -0.05) is 19.6 Å². The number of hydrogen-bond donors (Lipinski definition) is 1. The first-order valence-electron chi connectivity index (χ1n) is 8.12. The Morgan fingerprint density at radius 3 is 2.75 bits per heavy atom. The number of benzene rings is 1. The molecule has 1 aliphatic rings. The van der Waals surface area contributed by atoms with Crippen molar-refractivity contribution < 1.29 is 9.47 Å². The molecular weight excluding hydrogens is 392 g/mol. The first-order chi connectivity index (χ1) is 11.0. The van der Waals surface area contributed by atoms with E-state index >= 15 is 0 Å². The van der Waals surface area contributed by atoms with Gasteiger partial charge in [0.25, 0.3) is 0 Å². The van der Waals surface area contributed by atoms with Crippen LogP contribution in [0.3, 0.4) is 0 Å². The molecule has 0 aromatic heterocycles. The fraction of sp³-hybridized carbons (Fsp3) is 0.556. The summed E-state index contributed by atoms with van der Waals surface area (Å²) in [7, 11) is 0. The van der Waals surface area contributed by atoms with E-state index in [1.54, 1.807) is 6.08 Å². The molecule has 0 bridgehead atoms. The SMILES string of the molecule is C=CCOc1c(Br)cc(CN2CCC(C)(CN)C2)cc1OCC.Cl. The molecule has 1 heterocycles. The van der Waals surface area contributed by atoms with Gasteiger partial charge in [-0.05, 0) is 65.5 Å². The van der Waals surface area contributed by atoms with Crippen LogP contribution in [-0.4, -0.2) is 37.7 Å². The second-order valence-corrected chi connectivity index (χ2v) is 7.27. The van der Waals surface area contributed by atoms with Crippen molar-refractivity contribution in [2.45, 2.75) is 26.8 Å². The molecule has 1 unspecified atom stereocenters. The largest absolute Gasteiger partial charge is 0.490 e.